The zero-order valence-corrected chi connectivity index (χ0v) is 19.8. The standard InChI is InChI=1S/C25H21ClN4O3S/c1-15-5-2-3-6-18(15)27-23(31)14-22-24(32)28-25(34-22)30-20(21-7-4-12-33-21)13-19(29-30)16-8-10-17(26)11-9-16/h2-12,20,22H,13-14H2,1H3,(H,27,31)/t20-,22-/m0/s1. The summed E-state index contributed by atoms with van der Waals surface area (Å²) in [6.45, 7) is 1.92. The van der Waals surface area contributed by atoms with Gasteiger partial charge in [0.2, 0.25) is 5.91 Å². The maximum Gasteiger partial charge on any atom is 0.262 e. The summed E-state index contributed by atoms with van der Waals surface area (Å²) in [5.74, 6) is 0.156. The number of anilines is 1. The lowest BCUT2D eigenvalue weighted by atomic mass is 10.0. The van der Waals surface area contributed by atoms with Gasteiger partial charge in [-0.1, -0.05) is 53.7 Å². The van der Waals surface area contributed by atoms with Crippen molar-refractivity contribution in [3.63, 3.8) is 0 Å². The van der Waals surface area contributed by atoms with E-state index in [1.807, 2.05) is 67.6 Å². The van der Waals surface area contributed by atoms with Crippen LogP contribution in [0.3, 0.4) is 0 Å². The number of nitrogens with one attached hydrogen (secondary N) is 1. The van der Waals surface area contributed by atoms with E-state index in [0.717, 1.165) is 28.3 Å². The minimum atomic E-state index is -0.606. The Morgan fingerprint density at radius 3 is 2.71 bits per heavy atom. The van der Waals surface area contributed by atoms with E-state index in [4.69, 9.17) is 21.1 Å². The number of amides is 2. The van der Waals surface area contributed by atoms with E-state index < -0.39 is 5.25 Å². The predicted molar refractivity (Wildman–Crippen MR) is 134 cm³/mol. The zero-order chi connectivity index (χ0) is 23.7. The number of carbonyl (C=O) groups excluding carboxylic acids is 2. The van der Waals surface area contributed by atoms with Gasteiger partial charge in [0.25, 0.3) is 5.91 Å². The molecule has 2 aliphatic heterocycles. The lowest BCUT2D eigenvalue weighted by Crippen LogP contribution is -2.25. The van der Waals surface area contributed by atoms with Crippen molar-refractivity contribution in [2.45, 2.75) is 31.1 Å². The van der Waals surface area contributed by atoms with Crippen LogP contribution in [0, 0.1) is 6.92 Å². The summed E-state index contributed by atoms with van der Waals surface area (Å²) in [5.41, 5.74) is 3.47. The summed E-state index contributed by atoms with van der Waals surface area (Å²) in [6, 6.07) is 18.5. The highest BCUT2D eigenvalue weighted by Gasteiger charge is 2.40. The molecule has 0 spiro atoms. The topological polar surface area (TPSA) is 87.3 Å². The molecule has 2 amide bonds. The fourth-order valence-corrected chi connectivity index (χ4v) is 5.08. The smallest absolute Gasteiger partial charge is 0.262 e. The molecule has 0 unspecified atom stereocenters. The number of hydrogen-bond donors (Lipinski definition) is 1. The largest absolute Gasteiger partial charge is 0.467 e. The lowest BCUT2D eigenvalue weighted by Gasteiger charge is -2.21. The number of rotatable bonds is 5. The molecule has 34 heavy (non-hydrogen) atoms. The fourth-order valence-electron chi connectivity index (χ4n) is 3.89. The summed E-state index contributed by atoms with van der Waals surface area (Å²) >= 11 is 7.29. The Balaban J connectivity index is 1.33. The summed E-state index contributed by atoms with van der Waals surface area (Å²) < 4.78 is 5.66. The third-order valence-electron chi connectivity index (χ3n) is 5.67. The molecule has 0 saturated carbocycles. The van der Waals surface area contributed by atoms with Crippen molar-refractivity contribution in [2.24, 2.45) is 10.1 Å². The van der Waals surface area contributed by atoms with Gasteiger partial charge in [0.15, 0.2) is 5.17 Å². The normalized spacial score (nSPS) is 19.8. The van der Waals surface area contributed by atoms with Crippen LogP contribution in [0.15, 0.2) is 81.4 Å². The monoisotopic (exact) mass is 492 g/mol. The highest BCUT2D eigenvalue weighted by molar-refractivity contribution is 8.15. The lowest BCUT2D eigenvalue weighted by molar-refractivity contribution is -0.121. The van der Waals surface area contributed by atoms with Crippen molar-refractivity contribution in [3.05, 3.63) is 88.8 Å². The van der Waals surface area contributed by atoms with E-state index in [1.54, 1.807) is 11.3 Å². The maximum absolute atomic E-state index is 12.7. The molecule has 0 radical (unpaired) electrons. The van der Waals surface area contributed by atoms with Crippen LogP contribution in [-0.2, 0) is 9.59 Å². The molecule has 0 saturated heterocycles. The average Bonchev–Trinajstić information content (AvgIpc) is 3.56. The molecule has 7 nitrogen and oxygen atoms in total. The van der Waals surface area contributed by atoms with Gasteiger partial charge in [0, 0.05) is 23.6 Å². The van der Waals surface area contributed by atoms with Gasteiger partial charge in [-0.25, -0.2) is 5.01 Å². The Kier molecular flexibility index (Phi) is 6.26. The SMILES string of the molecule is Cc1ccccc1NC(=O)C[C@@H]1SC(N2N=C(c3ccc(Cl)cc3)C[C@H]2c2ccco2)=NC1=O. The third kappa shape index (κ3) is 4.64. The molecular formula is C25H21ClN4O3S. The van der Waals surface area contributed by atoms with E-state index in [9.17, 15) is 9.59 Å². The number of amidine groups is 1. The number of aliphatic imine (C=N–C) groups is 1. The summed E-state index contributed by atoms with van der Waals surface area (Å²) in [5, 5.41) is 9.89. The number of thioether (sulfide) groups is 1. The van der Waals surface area contributed by atoms with Crippen LogP contribution in [0.25, 0.3) is 0 Å². The zero-order valence-electron chi connectivity index (χ0n) is 18.3. The highest BCUT2D eigenvalue weighted by atomic mass is 35.5. The first-order valence-electron chi connectivity index (χ1n) is 10.8. The van der Waals surface area contributed by atoms with Gasteiger partial charge in [-0.3, -0.25) is 9.59 Å². The molecular weight excluding hydrogens is 472 g/mol. The molecule has 1 aromatic heterocycles. The quantitative estimate of drug-likeness (QED) is 0.514. The predicted octanol–water partition coefficient (Wildman–Crippen LogP) is 5.42. The highest BCUT2D eigenvalue weighted by Crippen LogP contribution is 2.38. The van der Waals surface area contributed by atoms with Crippen molar-refractivity contribution in [2.75, 3.05) is 5.32 Å². The van der Waals surface area contributed by atoms with Crippen LogP contribution < -0.4 is 5.32 Å². The number of carbonyl (C=O) groups is 2. The summed E-state index contributed by atoms with van der Waals surface area (Å²) in [4.78, 5) is 29.5. The minimum Gasteiger partial charge on any atom is -0.467 e. The maximum atomic E-state index is 12.7. The molecule has 0 bridgehead atoms. The number of furan rings is 1. The van der Waals surface area contributed by atoms with Gasteiger partial charge in [0.05, 0.1) is 12.0 Å². The van der Waals surface area contributed by atoms with Crippen LogP contribution >= 0.6 is 23.4 Å². The first-order valence-corrected chi connectivity index (χ1v) is 12.0. The molecule has 1 N–H and O–H groups in total. The van der Waals surface area contributed by atoms with Crippen LogP contribution in [0.5, 0.6) is 0 Å². The van der Waals surface area contributed by atoms with Gasteiger partial charge in [-0.2, -0.15) is 10.1 Å². The number of nitrogens with zero attached hydrogens (tertiary/aromatic N) is 3. The van der Waals surface area contributed by atoms with Gasteiger partial charge >= 0.3 is 0 Å². The van der Waals surface area contributed by atoms with Crippen LogP contribution in [0.1, 0.15) is 35.8 Å². The Bertz CT molecular complexity index is 1290. The third-order valence-corrected chi connectivity index (χ3v) is 7.07. The van der Waals surface area contributed by atoms with Gasteiger partial charge in [0.1, 0.15) is 17.1 Å². The van der Waals surface area contributed by atoms with E-state index in [2.05, 4.69) is 10.3 Å². The van der Waals surface area contributed by atoms with Gasteiger partial charge in [-0.05, 0) is 48.4 Å². The molecule has 3 aromatic rings. The molecule has 0 aliphatic carbocycles. The first-order chi connectivity index (χ1) is 16.5. The molecule has 9 heteroatoms. The number of benzene rings is 2. The number of halogens is 1. The van der Waals surface area contributed by atoms with E-state index >= 15 is 0 Å². The molecule has 172 valence electrons. The van der Waals surface area contributed by atoms with Gasteiger partial charge < -0.3 is 9.73 Å². The molecule has 2 atom stereocenters. The van der Waals surface area contributed by atoms with E-state index in [1.165, 1.54) is 11.8 Å². The first kappa shape index (κ1) is 22.4. The average molecular weight is 493 g/mol. The van der Waals surface area contributed by atoms with Crippen LogP contribution in [0.4, 0.5) is 5.69 Å². The Hall–Kier alpha value is -3.36. The van der Waals surface area contributed by atoms with Gasteiger partial charge in [-0.15, -0.1) is 0 Å². The molecule has 0 fully saturated rings. The number of para-hydroxylation sites is 1. The van der Waals surface area contributed by atoms with Crippen molar-refractivity contribution in [1.82, 2.24) is 5.01 Å². The molecule has 2 aliphatic rings. The van der Waals surface area contributed by atoms with Crippen LogP contribution in [0.2, 0.25) is 5.02 Å². The second-order valence-electron chi connectivity index (χ2n) is 8.04. The Morgan fingerprint density at radius 2 is 1.97 bits per heavy atom. The molecule has 2 aromatic carbocycles. The Labute approximate surface area is 205 Å². The number of aryl methyl sites for hydroxylation is 1. The van der Waals surface area contributed by atoms with Crippen molar-refractivity contribution < 1.29 is 14.0 Å². The second kappa shape index (κ2) is 9.48. The molecule has 5 rings (SSSR count). The summed E-state index contributed by atoms with van der Waals surface area (Å²) in [6.07, 6.45) is 2.22. The second-order valence-corrected chi connectivity index (χ2v) is 9.65. The number of hydrazone groups is 1. The van der Waals surface area contributed by atoms with E-state index in [-0.39, 0.29) is 24.3 Å². The minimum absolute atomic E-state index is 0.0256. The van der Waals surface area contributed by atoms with Crippen molar-refractivity contribution in [3.8, 4) is 0 Å². The van der Waals surface area contributed by atoms with Crippen molar-refractivity contribution >= 4 is 51.7 Å². The summed E-state index contributed by atoms with van der Waals surface area (Å²) in [7, 11) is 0. The molecule has 3 heterocycles. The number of hydrogen-bond acceptors (Lipinski definition) is 6. The van der Waals surface area contributed by atoms with E-state index in [0.29, 0.717) is 16.6 Å². The Morgan fingerprint density at radius 1 is 1.18 bits per heavy atom. The fraction of sp³-hybridized carbons (Fsp3) is 0.200. The van der Waals surface area contributed by atoms with Crippen molar-refractivity contribution in [1.29, 1.82) is 0 Å². The van der Waals surface area contributed by atoms with Crippen LogP contribution in [-0.4, -0.2) is 33.0 Å².